The number of nitrogens with zero attached hydrogens (tertiary/aromatic N) is 5. The van der Waals surface area contributed by atoms with E-state index in [1.165, 1.54) is 0 Å². The fourth-order valence-electron chi connectivity index (χ4n) is 3.38. The number of fused-ring (bicyclic) bond motifs is 1. The summed E-state index contributed by atoms with van der Waals surface area (Å²) >= 11 is 0. The van der Waals surface area contributed by atoms with E-state index in [0.717, 1.165) is 35.6 Å². The fourth-order valence-corrected chi connectivity index (χ4v) is 3.92. The normalized spacial score (nSPS) is 19.2. The van der Waals surface area contributed by atoms with Crippen molar-refractivity contribution in [3.8, 4) is 11.4 Å². The van der Waals surface area contributed by atoms with Gasteiger partial charge >= 0.3 is 0 Å². The van der Waals surface area contributed by atoms with E-state index in [1.807, 2.05) is 12.1 Å². The van der Waals surface area contributed by atoms with Gasteiger partial charge in [0.25, 0.3) is 0 Å². The van der Waals surface area contributed by atoms with Crippen LogP contribution >= 0.6 is 0 Å². The van der Waals surface area contributed by atoms with Crippen molar-refractivity contribution >= 4 is 27.4 Å². The molecule has 142 valence electrons. The first kappa shape index (κ1) is 18.1. The maximum absolute atomic E-state index is 12.3. The summed E-state index contributed by atoms with van der Waals surface area (Å²) < 4.78 is 22.1. The first-order chi connectivity index (χ1) is 12.9. The molecule has 1 saturated heterocycles. The van der Waals surface area contributed by atoms with Gasteiger partial charge in [0, 0.05) is 58.6 Å². The second-order valence-corrected chi connectivity index (χ2v) is 9.67. The molecule has 8 heteroatoms. The number of hydrogen-bond acceptors (Lipinski definition) is 7. The van der Waals surface area contributed by atoms with Crippen LogP contribution in [0, 0.1) is 0 Å². The highest BCUT2D eigenvalue weighted by Gasteiger charge is 2.23. The van der Waals surface area contributed by atoms with Gasteiger partial charge in [-0.25, -0.2) is 14.2 Å². The maximum Gasteiger partial charge on any atom is 0.167 e. The average Bonchev–Trinajstić information content (AvgIpc) is 3.09. The molecule has 0 unspecified atom stereocenters. The molecule has 0 amide bonds. The molecule has 0 N–H and O–H groups in total. The highest BCUT2D eigenvalue weighted by Crippen LogP contribution is 2.31. The Morgan fingerprint density at radius 1 is 1.33 bits per heavy atom. The van der Waals surface area contributed by atoms with Crippen LogP contribution in [0.2, 0.25) is 0 Å². The number of rotatable bonds is 3. The van der Waals surface area contributed by atoms with Crippen LogP contribution in [-0.2, 0) is 20.9 Å². The van der Waals surface area contributed by atoms with E-state index >= 15 is 0 Å². The quantitative estimate of drug-likeness (QED) is 0.808. The third kappa shape index (κ3) is 3.86. The molecule has 0 saturated carbocycles. The molecule has 1 aliphatic carbocycles. The predicted octanol–water partition coefficient (Wildman–Crippen LogP) is 2.69. The minimum absolute atomic E-state index is 0.199. The zero-order chi connectivity index (χ0) is 19.0. The summed E-state index contributed by atoms with van der Waals surface area (Å²) in [5.41, 5.74) is 2.99. The molecule has 4 rings (SSSR count). The average molecular weight is 385 g/mol. The third-order valence-electron chi connectivity index (χ3n) is 4.58. The van der Waals surface area contributed by atoms with Gasteiger partial charge < -0.3 is 9.64 Å². The molecule has 1 atom stereocenters. The lowest BCUT2D eigenvalue weighted by atomic mass is 10.1. The lowest BCUT2D eigenvalue weighted by Gasteiger charge is -2.34. The summed E-state index contributed by atoms with van der Waals surface area (Å²) in [7, 11) is -2.33. The number of hydrogen-bond donors (Lipinski definition) is 0. The van der Waals surface area contributed by atoms with Crippen molar-refractivity contribution in [3.63, 3.8) is 0 Å². The predicted molar refractivity (Wildman–Crippen MR) is 108 cm³/mol. The Labute approximate surface area is 159 Å². The van der Waals surface area contributed by atoms with Crippen molar-refractivity contribution in [1.29, 1.82) is 0 Å². The van der Waals surface area contributed by atoms with Crippen LogP contribution in [-0.4, -0.2) is 57.5 Å². The number of aromatic nitrogens is 3. The first-order valence-corrected chi connectivity index (χ1v) is 11.3. The van der Waals surface area contributed by atoms with Gasteiger partial charge in [-0.3, -0.25) is 4.98 Å². The van der Waals surface area contributed by atoms with Crippen LogP contribution < -0.4 is 4.90 Å². The summed E-state index contributed by atoms with van der Waals surface area (Å²) in [4.78, 5) is 16.1. The summed E-state index contributed by atoms with van der Waals surface area (Å²) in [5.74, 6) is 1.81. The molecule has 0 radical (unpaired) electrons. The zero-order valence-corrected chi connectivity index (χ0v) is 16.6. The van der Waals surface area contributed by atoms with Crippen LogP contribution in [0.4, 0.5) is 11.6 Å². The Hall–Kier alpha value is -2.32. The van der Waals surface area contributed by atoms with Crippen molar-refractivity contribution < 1.29 is 8.95 Å². The van der Waals surface area contributed by atoms with Crippen LogP contribution in [0.5, 0.6) is 0 Å². The molecule has 3 heterocycles. The number of morpholine rings is 1. The summed E-state index contributed by atoms with van der Waals surface area (Å²) in [6.07, 6.45) is 9.97. The van der Waals surface area contributed by atoms with Crippen molar-refractivity contribution in [3.05, 3.63) is 35.7 Å². The minimum atomic E-state index is -2.33. The molecule has 27 heavy (non-hydrogen) atoms. The number of pyridine rings is 1. The highest BCUT2D eigenvalue weighted by atomic mass is 32.2. The Morgan fingerprint density at radius 2 is 2.19 bits per heavy atom. The number of allylic oxidation sites excluding steroid dienone is 1. The van der Waals surface area contributed by atoms with E-state index < -0.39 is 9.73 Å². The molecule has 7 nitrogen and oxygen atoms in total. The van der Waals surface area contributed by atoms with Gasteiger partial charge in [0.2, 0.25) is 0 Å². The monoisotopic (exact) mass is 385 g/mol. The molecule has 1 fully saturated rings. The van der Waals surface area contributed by atoms with E-state index in [1.54, 1.807) is 18.7 Å². The molecular weight excluding hydrogens is 362 g/mol. The minimum Gasteiger partial charge on any atom is -0.377 e. The van der Waals surface area contributed by atoms with Gasteiger partial charge in [0.1, 0.15) is 5.82 Å². The molecule has 2 aliphatic rings. The van der Waals surface area contributed by atoms with Crippen molar-refractivity contribution in [2.24, 2.45) is 4.36 Å². The molecule has 0 aromatic carbocycles. The van der Waals surface area contributed by atoms with E-state index in [4.69, 9.17) is 9.72 Å². The fraction of sp³-hybridized carbons (Fsp3) is 0.421. The first-order valence-electron chi connectivity index (χ1n) is 8.96. The van der Waals surface area contributed by atoms with Crippen molar-refractivity contribution in [1.82, 2.24) is 15.0 Å². The molecule has 2 aromatic rings. The smallest absolute Gasteiger partial charge is 0.167 e. The lowest BCUT2D eigenvalue weighted by molar-refractivity contribution is 0.0985. The van der Waals surface area contributed by atoms with Gasteiger partial charge in [-0.05, 0) is 13.0 Å². The SMILES string of the molecule is C[C@@H]1COCCN1c1cc(N=S(C)(C)=O)nc(-c2ccnc3c2C=CC3)n1. The molecular formula is C19H23N5O2S. The molecule has 0 bridgehead atoms. The van der Waals surface area contributed by atoms with Crippen molar-refractivity contribution in [2.45, 2.75) is 19.4 Å². The number of anilines is 1. The zero-order valence-electron chi connectivity index (χ0n) is 15.8. The van der Waals surface area contributed by atoms with E-state index in [-0.39, 0.29) is 6.04 Å². The lowest BCUT2D eigenvalue weighted by Crippen LogP contribution is -2.44. The van der Waals surface area contributed by atoms with E-state index in [0.29, 0.717) is 24.9 Å². The Bertz CT molecular complexity index is 1020. The standard InChI is InChI=1S/C19H23N5O2S/c1-13-12-26-10-9-24(13)18-11-17(23-27(2,3)25)21-19(22-18)15-7-8-20-16-6-4-5-14(15)16/h4-5,7-8,11,13H,6,9-10,12H2,1-3H3/t13-/m1/s1. The van der Waals surface area contributed by atoms with Crippen LogP contribution in [0.1, 0.15) is 18.2 Å². The molecule has 0 spiro atoms. The Balaban J connectivity index is 1.88. The van der Waals surface area contributed by atoms with Gasteiger partial charge in [-0.15, -0.1) is 0 Å². The van der Waals surface area contributed by atoms with Crippen LogP contribution in [0.3, 0.4) is 0 Å². The largest absolute Gasteiger partial charge is 0.377 e. The maximum atomic E-state index is 12.3. The van der Waals surface area contributed by atoms with Crippen LogP contribution in [0.15, 0.2) is 28.8 Å². The van der Waals surface area contributed by atoms with E-state index in [2.05, 4.69) is 38.3 Å². The Morgan fingerprint density at radius 3 is 2.96 bits per heavy atom. The molecule has 1 aliphatic heterocycles. The van der Waals surface area contributed by atoms with Gasteiger partial charge in [0.05, 0.1) is 24.9 Å². The Kier molecular flexibility index (Phi) is 4.69. The topological polar surface area (TPSA) is 80.6 Å². The molecule has 2 aromatic heterocycles. The van der Waals surface area contributed by atoms with Gasteiger partial charge in [0.15, 0.2) is 11.6 Å². The van der Waals surface area contributed by atoms with Gasteiger partial charge in [-0.2, -0.15) is 4.36 Å². The third-order valence-corrected chi connectivity index (χ3v) is 5.21. The second-order valence-electron chi connectivity index (χ2n) is 7.12. The summed E-state index contributed by atoms with van der Waals surface area (Å²) in [5, 5.41) is 0. The van der Waals surface area contributed by atoms with Gasteiger partial charge in [-0.1, -0.05) is 12.2 Å². The summed E-state index contributed by atoms with van der Waals surface area (Å²) in [6.45, 7) is 4.16. The van der Waals surface area contributed by atoms with Crippen LogP contribution in [0.25, 0.3) is 17.5 Å². The second kappa shape index (κ2) is 7.01. The van der Waals surface area contributed by atoms with E-state index in [9.17, 15) is 4.21 Å². The highest BCUT2D eigenvalue weighted by molar-refractivity contribution is 7.92. The van der Waals surface area contributed by atoms with Crippen molar-refractivity contribution in [2.75, 3.05) is 37.2 Å². The summed E-state index contributed by atoms with van der Waals surface area (Å²) in [6, 6.07) is 3.94. The number of ether oxygens (including phenoxy) is 1.